The van der Waals surface area contributed by atoms with Gasteiger partial charge in [0.2, 0.25) is 0 Å². The number of benzene rings is 2. The maximum absolute atomic E-state index is 2.59. The Bertz CT molecular complexity index is 671. The first-order valence-electron chi connectivity index (χ1n) is 8.78. The van der Waals surface area contributed by atoms with E-state index in [0.717, 1.165) is 0 Å². The van der Waals surface area contributed by atoms with Crippen molar-refractivity contribution in [3.8, 4) is 0 Å². The minimum atomic E-state index is 0.310. The molecule has 0 amide bonds. The molecule has 0 aromatic heterocycles. The summed E-state index contributed by atoms with van der Waals surface area (Å²) < 4.78 is 0. The lowest BCUT2D eigenvalue weighted by molar-refractivity contribution is 0.373. The molecule has 0 radical (unpaired) electrons. The molecule has 3 rings (SSSR count). The third kappa shape index (κ3) is 3.55. The predicted molar refractivity (Wildman–Crippen MR) is 103 cm³/mol. The minimum absolute atomic E-state index is 0.310. The van der Waals surface area contributed by atoms with E-state index in [4.69, 9.17) is 0 Å². The van der Waals surface area contributed by atoms with Crippen LogP contribution >= 0.6 is 11.8 Å². The van der Waals surface area contributed by atoms with Crippen LogP contribution in [0.15, 0.2) is 65.6 Å². The number of allylic oxidation sites excluding steroid dienone is 1. The first-order chi connectivity index (χ1) is 11.3. The summed E-state index contributed by atoms with van der Waals surface area (Å²) in [4.78, 5) is 1.43. The number of hydrogen-bond acceptors (Lipinski definition) is 1. The third-order valence-electron chi connectivity index (χ3n) is 4.96. The normalized spacial score (nSPS) is 20.5. The molecular formula is C22H26S. The van der Waals surface area contributed by atoms with Crippen LogP contribution in [0.25, 0.3) is 5.57 Å². The van der Waals surface area contributed by atoms with E-state index in [2.05, 4.69) is 74.5 Å². The van der Waals surface area contributed by atoms with Gasteiger partial charge in [0.1, 0.15) is 0 Å². The van der Waals surface area contributed by atoms with Crippen LogP contribution in [0.3, 0.4) is 0 Å². The molecular weight excluding hydrogens is 296 g/mol. The number of fused-ring (bicyclic) bond motifs is 1. The molecule has 1 unspecified atom stereocenters. The highest BCUT2D eigenvalue weighted by molar-refractivity contribution is 7.99. The second-order valence-corrected chi connectivity index (χ2v) is 7.55. The van der Waals surface area contributed by atoms with Gasteiger partial charge < -0.3 is 0 Å². The van der Waals surface area contributed by atoms with E-state index in [1.807, 2.05) is 11.8 Å². The molecule has 2 aromatic rings. The maximum atomic E-state index is 2.59. The fraction of sp³-hybridized carbons (Fsp3) is 0.364. The van der Waals surface area contributed by atoms with Gasteiger partial charge in [0.05, 0.1) is 0 Å². The molecule has 1 heteroatoms. The van der Waals surface area contributed by atoms with Crippen molar-refractivity contribution in [2.45, 2.75) is 44.4 Å². The quantitative estimate of drug-likeness (QED) is 0.582. The summed E-state index contributed by atoms with van der Waals surface area (Å²) in [5.41, 5.74) is 4.47. The van der Waals surface area contributed by atoms with E-state index >= 15 is 0 Å². The molecule has 0 aliphatic carbocycles. The van der Waals surface area contributed by atoms with Gasteiger partial charge >= 0.3 is 0 Å². The van der Waals surface area contributed by atoms with E-state index in [9.17, 15) is 0 Å². The topological polar surface area (TPSA) is 0 Å². The van der Waals surface area contributed by atoms with Crippen molar-refractivity contribution in [1.29, 1.82) is 0 Å². The smallest absolute Gasteiger partial charge is 0.0151 e. The van der Waals surface area contributed by atoms with E-state index in [1.165, 1.54) is 53.0 Å². The standard InChI is InChI=1S/C22H26S/c1-3-5-15-22(4-2)16-20(18-11-7-6-8-12-18)19-13-9-10-14-21(19)23-17-22/h6-14,16H,3-5,15,17H2,1-2H3. The van der Waals surface area contributed by atoms with Gasteiger partial charge in [-0.3, -0.25) is 0 Å². The Morgan fingerprint density at radius 2 is 1.70 bits per heavy atom. The Hall–Kier alpha value is -1.47. The Morgan fingerprint density at radius 1 is 0.957 bits per heavy atom. The number of rotatable bonds is 5. The molecule has 0 saturated heterocycles. The molecule has 0 spiro atoms. The summed E-state index contributed by atoms with van der Waals surface area (Å²) in [5, 5.41) is 0. The van der Waals surface area contributed by atoms with E-state index in [-0.39, 0.29) is 0 Å². The van der Waals surface area contributed by atoms with Crippen LogP contribution in [-0.2, 0) is 0 Å². The Kier molecular flexibility index (Phi) is 5.27. The molecule has 23 heavy (non-hydrogen) atoms. The molecule has 0 nitrogen and oxygen atoms in total. The van der Waals surface area contributed by atoms with Crippen LogP contribution in [0.4, 0.5) is 0 Å². The number of unbranched alkanes of at least 4 members (excludes halogenated alkanes) is 1. The van der Waals surface area contributed by atoms with Crippen LogP contribution in [0, 0.1) is 5.41 Å². The van der Waals surface area contributed by atoms with Gasteiger partial charge in [0.25, 0.3) is 0 Å². The summed E-state index contributed by atoms with van der Waals surface area (Å²) in [6, 6.07) is 19.8. The lowest BCUT2D eigenvalue weighted by Crippen LogP contribution is -2.20. The van der Waals surface area contributed by atoms with Crippen LogP contribution in [-0.4, -0.2) is 5.75 Å². The molecule has 2 aromatic carbocycles. The second-order valence-electron chi connectivity index (χ2n) is 6.53. The molecule has 1 heterocycles. The zero-order chi connectivity index (χ0) is 16.1. The lowest BCUT2D eigenvalue weighted by Gasteiger charge is -2.29. The minimum Gasteiger partial charge on any atom is -0.125 e. The van der Waals surface area contributed by atoms with Crippen molar-refractivity contribution < 1.29 is 0 Å². The van der Waals surface area contributed by atoms with Crippen molar-refractivity contribution in [1.82, 2.24) is 0 Å². The highest BCUT2D eigenvalue weighted by atomic mass is 32.2. The van der Waals surface area contributed by atoms with Crippen LogP contribution in [0.5, 0.6) is 0 Å². The van der Waals surface area contributed by atoms with Gasteiger partial charge in [0.15, 0.2) is 0 Å². The highest BCUT2D eigenvalue weighted by Gasteiger charge is 2.30. The first-order valence-corrected chi connectivity index (χ1v) is 9.77. The Labute approximate surface area is 145 Å². The molecule has 0 saturated carbocycles. The molecule has 0 fully saturated rings. The summed E-state index contributed by atoms with van der Waals surface area (Å²) in [7, 11) is 0. The summed E-state index contributed by atoms with van der Waals surface area (Å²) >= 11 is 2.04. The van der Waals surface area contributed by atoms with Gasteiger partial charge in [-0.25, -0.2) is 0 Å². The van der Waals surface area contributed by atoms with Gasteiger partial charge in [-0.15, -0.1) is 11.8 Å². The number of hydrogen-bond donors (Lipinski definition) is 0. The van der Waals surface area contributed by atoms with Crippen molar-refractivity contribution in [3.05, 3.63) is 71.8 Å². The van der Waals surface area contributed by atoms with E-state index < -0.39 is 0 Å². The van der Waals surface area contributed by atoms with E-state index in [0.29, 0.717) is 5.41 Å². The molecule has 1 atom stereocenters. The molecule has 0 N–H and O–H groups in total. The van der Waals surface area contributed by atoms with Crippen molar-refractivity contribution in [3.63, 3.8) is 0 Å². The second kappa shape index (κ2) is 7.40. The fourth-order valence-corrected chi connectivity index (χ4v) is 4.76. The lowest BCUT2D eigenvalue weighted by atomic mass is 9.78. The summed E-state index contributed by atoms with van der Waals surface area (Å²) in [5.74, 6) is 1.19. The van der Waals surface area contributed by atoms with Gasteiger partial charge in [0, 0.05) is 10.6 Å². The zero-order valence-electron chi connectivity index (χ0n) is 14.2. The third-order valence-corrected chi connectivity index (χ3v) is 6.35. The van der Waals surface area contributed by atoms with Crippen LogP contribution in [0.2, 0.25) is 0 Å². The van der Waals surface area contributed by atoms with Gasteiger partial charge in [-0.05, 0) is 41.0 Å². The average molecular weight is 323 g/mol. The van der Waals surface area contributed by atoms with Crippen LogP contribution < -0.4 is 0 Å². The largest absolute Gasteiger partial charge is 0.125 e. The van der Waals surface area contributed by atoms with Crippen molar-refractivity contribution in [2.75, 3.05) is 5.75 Å². The van der Waals surface area contributed by atoms with Crippen LogP contribution in [0.1, 0.15) is 50.7 Å². The van der Waals surface area contributed by atoms with Crippen molar-refractivity contribution >= 4 is 17.3 Å². The maximum Gasteiger partial charge on any atom is 0.0151 e. The van der Waals surface area contributed by atoms with E-state index in [1.54, 1.807) is 0 Å². The monoisotopic (exact) mass is 322 g/mol. The SMILES string of the molecule is CCCCC1(CC)C=C(c2ccccc2)c2ccccc2SC1. The molecule has 120 valence electrons. The highest BCUT2D eigenvalue weighted by Crippen LogP contribution is 2.45. The zero-order valence-corrected chi connectivity index (χ0v) is 15.0. The molecule has 0 bridgehead atoms. The Morgan fingerprint density at radius 3 is 2.43 bits per heavy atom. The first kappa shape index (κ1) is 16.4. The summed E-state index contributed by atoms with van der Waals surface area (Å²) in [6.07, 6.45) is 7.68. The van der Waals surface area contributed by atoms with Gasteiger partial charge in [-0.1, -0.05) is 81.3 Å². The molecule has 1 aliphatic rings. The van der Waals surface area contributed by atoms with Gasteiger partial charge in [-0.2, -0.15) is 0 Å². The molecule has 1 aliphatic heterocycles. The predicted octanol–water partition coefficient (Wildman–Crippen LogP) is 6.81. The van der Waals surface area contributed by atoms with Crippen molar-refractivity contribution in [2.24, 2.45) is 5.41 Å². The summed E-state index contributed by atoms with van der Waals surface area (Å²) in [6.45, 7) is 4.65. The fourth-order valence-electron chi connectivity index (χ4n) is 3.37. The average Bonchev–Trinajstić information content (AvgIpc) is 2.79. The Balaban J connectivity index is 2.12. The number of thioether (sulfide) groups is 1.